The summed E-state index contributed by atoms with van der Waals surface area (Å²) in [5.74, 6) is 0.630. The first kappa shape index (κ1) is 11.9. The van der Waals surface area contributed by atoms with Crippen LogP contribution in [0.15, 0.2) is 0 Å². The number of aliphatic hydroxyl groups excluding tert-OH is 1. The minimum atomic E-state index is 0.136. The molecule has 3 N–H and O–H groups in total. The molecule has 12 heavy (non-hydrogen) atoms. The van der Waals surface area contributed by atoms with Crippen LogP contribution in [-0.2, 0) is 0 Å². The van der Waals surface area contributed by atoms with E-state index in [9.17, 15) is 0 Å². The summed E-state index contributed by atoms with van der Waals surface area (Å²) < 4.78 is 0. The van der Waals surface area contributed by atoms with Crippen molar-refractivity contribution in [1.29, 1.82) is 0 Å². The van der Waals surface area contributed by atoms with Gasteiger partial charge in [-0.2, -0.15) is 0 Å². The summed E-state index contributed by atoms with van der Waals surface area (Å²) in [5, 5.41) is 9.02. The standard InChI is InChI=1S/C9H22N2O/c1-4-11(6-8(2)3)9(5-10)7-12/h8-9,12H,4-7,10H2,1-3H3. The molecule has 0 radical (unpaired) electrons. The van der Waals surface area contributed by atoms with Crippen molar-refractivity contribution >= 4 is 0 Å². The molecule has 0 aliphatic rings. The van der Waals surface area contributed by atoms with Crippen molar-refractivity contribution < 1.29 is 5.11 Å². The SMILES string of the molecule is CCN(CC(C)C)C(CN)CO. The Bertz CT molecular complexity index is 103. The van der Waals surface area contributed by atoms with Gasteiger partial charge in [0, 0.05) is 19.1 Å². The summed E-state index contributed by atoms with van der Waals surface area (Å²) in [6.07, 6.45) is 0. The first-order valence-electron chi connectivity index (χ1n) is 4.70. The van der Waals surface area contributed by atoms with Crippen LogP contribution < -0.4 is 5.73 Å². The lowest BCUT2D eigenvalue weighted by Gasteiger charge is -2.29. The van der Waals surface area contributed by atoms with Crippen molar-refractivity contribution in [2.75, 3.05) is 26.2 Å². The summed E-state index contributed by atoms with van der Waals surface area (Å²) in [5.41, 5.74) is 5.53. The van der Waals surface area contributed by atoms with Crippen molar-refractivity contribution in [3.63, 3.8) is 0 Å². The Hall–Kier alpha value is -0.120. The highest BCUT2D eigenvalue weighted by atomic mass is 16.3. The summed E-state index contributed by atoms with van der Waals surface area (Å²) in [4.78, 5) is 2.23. The molecule has 0 heterocycles. The van der Waals surface area contributed by atoms with Gasteiger partial charge >= 0.3 is 0 Å². The van der Waals surface area contributed by atoms with Crippen LogP contribution in [0.4, 0.5) is 0 Å². The zero-order valence-corrected chi connectivity index (χ0v) is 8.45. The molecule has 0 saturated heterocycles. The second-order valence-electron chi connectivity index (χ2n) is 3.55. The third kappa shape index (κ3) is 4.04. The number of hydrogen-bond acceptors (Lipinski definition) is 3. The van der Waals surface area contributed by atoms with Crippen LogP contribution in [0.5, 0.6) is 0 Å². The van der Waals surface area contributed by atoms with E-state index in [2.05, 4.69) is 25.7 Å². The van der Waals surface area contributed by atoms with Gasteiger partial charge in [0.05, 0.1) is 6.61 Å². The molecule has 0 aromatic heterocycles. The summed E-state index contributed by atoms with van der Waals surface area (Å²) in [6, 6.07) is 0.136. The van der Waals surface area contributed by atoms with E-state index in [1.54, 1.807) is 0 Å². The molecular weight excluding hydrogens is 152 g/mol. The van der Waals surface area contributed by atoms with E-state index in [1.165, 1.54) is 0 Å². The number of likely N-dealkylation sites (N-methyl/N-ethyl adjacent to an activating group) is 1. The molecular formula is C9H22N2O. The maximum Gasteiger partial charge on any atom is 0.0599 e. The highest BCUT2D eigenvalue weighted by molar-refractivity contribution is 4.71. The lowest BCUT2D eigenvalue weighted by Crippen LogP contribution is -2.44. The molecule has 0 fully saturated rings. The Kier molecular flexibility index (Phi) is 6.34. The fourth-order valence-corrected chi connectivity index (χ4v) is 1.34. The molecule has 0 aromatic carbocycles. The van der Waals surface area contributed by atoms with Gasteiger partial charge in [0.1, 0.15) is 0 Å². The summed E-state index contributed by atoms with van der Waals surface area (Å²) in [6.45, 7) is 9.12. The average molecular weight is 174 g/mol. The second kappa shape index (κ2) is 6.40. The van der Waals surface area contributed by atoms with Crippen LogP contribution in [0.1, 0.15) is 20.8 Å². The third-order valence-corrected chi connectivity index (χ3v) is 2.01. The number of nitrogens with zero attached hydrogens (tertiary/aromatic N) is 1. The van der Waals surface area contributed by atoms with Crippen molar-refractivity contribution in [2.24, 2.45) is 11.7 Å². The highest BCUT2D eigenvalue weighted by Crippen LogP contribution is 2.02. The molecule has 0 aliphatic heterocycles. The van der Waals surface area contributed by atoms with Crippen molar-refractivity contribution in [3.8, 4) is 0 Å². The van der Waals surface area contributed by atoms with Gasteiger partial charge in [-0.15, -0.1) is 0 Å². The Morgan fingerprint density at radius 1 is 1.42 bits per heavy atom. The third-order valence-electron chi connectivity index (χ3n) is 2.01. The molecule has 0 bridgehead atoms. The van der Waals surface area contributed by atoms with Crippen molar-refractivity contribution in [1.82, 2.24) is 4.90 Å². The van der Waals surface area contributed by atoms with Crippen LogP contribution >= 0.6 is 0 Å². The maximum absolute atomic E-state index is 9.02. The topological polar surface area (TPSA) is 49.5 Å². The Labute approximate surface area is 75.6 Å². The molecule has 0 saturated carbocycles. The van der Waals surface area contributed by atoms with E-state index in [0.717, 1.165) is 13.1 Å². The smallest absolute Gasteiger partial charge is 0.0599 e. The van der Waals surface area contributed by atoms with Gasteiger partial charge in [0.25, 0.3) is 0 Å². The van der Waals surface area contributed by atoms with Crippen LogP contribution in [0, 0.1) is 5.92 Å². The quantitative estimate of drug-likeness (QED) is 0.608. The predicted molar refractivity (Wildman–Crippen MR) is 52.0 cm³/mol. The van der Waals surface area contributed by atoms with Gasteiger partial charge in [-0.05, 0) is 12.5 Å². The number of rotatable bonds is 6. The summed E-state index contributed by atoms with van der Waals surface area (Å²) >= 11 is 0. The zero-order valence-electron chi connectivity index (χ0n) is 8.45. The molecule has 0 amide bonds. The Morgan fingerprint density at radius 3 is 2.25 bits per heavy atom. The van der Waals surface area contributed by atoms with E-state index in [-0.39, 0.29) is 12.6 Å². The lowest BCUT2D eigenvalue weighted by atomic mass is 10.1. The van der Waals surface area contributed by atoms with Crippen LogP contribution in [0.2, 0.25) is 0 Å². The van der Waals surface area contributed by atoms with Crippen LogP contribution in [-0.4, -0.2) is 42.3 Å². The van der Waals surface area contributed by atoms with Crippen LogP contribution in [0.25, 0.3) is 0 Å². The minimum Gasteiger partial charge on any atom is -0.395 e. The lowest BCUT2D eigenvalue weighted by molar-refractivity contribution is 0.121. The Morgan fingerprint density at radius 2 is 2.00 bits per heavy atom. The zero-order chi connectivity index (χ0) is 9.56. The normalized spacial score (nSPS) is 14.2. The largest absolute Gasteiger partial charge is 0.395 e. The van der Waals surface area contributed by atoms with E-state index < -0.39 is 0 Å². The van der Waals surface area contributed by atoms with Crippen molar-refractivity contribution in [3.05, 3.63) is 0 Å². The molecule has 0 rings (SSSR count). The van der Waals surface area contributed by atoms with Gasteiger partial charge in [-0.25, -0.2) is 0 Å². The van der Waals surface area contributed by atoms with Crippen LogP contribution in [0.3, 0.4) is 0 Å². The second-order valence-corrected chi connectivity index (χ2v) is 3.55. The fourth-order valence-electron chi connectivity index (χ4n) is 1.34. The maximum atomic E-state index is 9.02. The molecule has 3 heteroatoms. The number of aliphatic hydroxyl groups is 1. The molecule has 0 aromatic rings. The molecule has 1 atom stereocenters. The van der Waals surface area contributed by atoms with E-state index >= 15 is 0 Å². The monoisotopic (exact) mass is 174 g/mol. The number of hydrogen-bond donors (Lipinski definition) is 2. The first-order chi connectivity index (χ1) is 5.65. The van der Waals surface area contributed by atoms with E-state index in [0.29, 0.717) is 12.5 Å². The molecule has 3 nitrogen and oxygen atoms in total. The Balaban J connectivity index is 3.92. The number of nitrogens with two attached hydrogens (primary N) is 1. The molecule has 1 unspecified atom stereocenters. The molecule has 74 valence electrons. The predicted octanol–water partition coefficient (Wildman–Crippen LogP) is 0.284. The summed E-state index contributed by atoms with van der Waals surface area (Å²) in [7, 11) is 0. The van der Waals surface area contributed by atoms with Gasteiger partial charge in [-0.3, -0.25) is 4.90 Å². The fraction of sp³-hybridized carbons (Fsp3) is 1.00. The average Bonchev–Trinajstić information content (AvgIpc) is 2.04. The van der Waals surface area contributed by atoms with E-state index in [4.69, 9.17) is 10.8 Å². The molecule has 0 aliphatic carbocycles. The van der Waals surface area contributed by atoms with Gasteiger partial charge in [0.15, 0.2) is 0 Å². The van der Waals surface area contributed by atoms with Gasteiger partial charge < -0.3 is 10.8 Å². The van der Waals surface area contributed by atoms with Crippen molar-refractivity contribution in [2.45, 2.75) is 26.8 Å². The van der Waals surface area contributed by atoms with Gasteiger partial charge in [-0.1, -0.05) is 20.8 Å². The highest BCUT2D eigenvalue weighted by Gasteiger charge is 2.14. The molecule has 0 spiro atoms. The minimum absolute atomic E-state index is 0.136. The van der Waals surface area contributed by atoms with Gasteiger partial charge in [0.2, 0.25) is 0 Å². The first-order valence-corrected chi connectivity index (χ1v) is 4.70. The van der Waals surface area contributed by atoms with E-state index in [1.807, 2.05) is 0 Å².